The monoisotopic (exact) mass is 962 g/mol. The van der Waals surface area contributed by atoms with Gasteiger partial charge in [-0.25, -0.2) is 31.0 Å². The molecule has 4 heterocycles. The van der Waals surface area contributed by atoms with Crippen LogP contribution in [0.5, 0.6) is 5.75 Å². The van der Waals surface area contributed by atoms with Crippen LogP contribution in [0.3, 0.4) is 0 Å². The van der Waals surface area contributed by atoms with E-state index in [-0.39, 0.29) is 54.5 Å². The van der Waals surface area contributed by atoms with Crippen LogP contribution in [-0.4, -0.2) is 123 Å². The number of nitrogens with zero attached hydrogens (tertiary/aromatic N) is 3. The van der Waals surface area contributed by atoms with Crippen molar-refractivity contribution in [3.05, 3.63) is 132 Å². The summed E-state index contributed by atoms with van der Waals surface area (Å²) in [6, 6.07) is 13.8. The lowest BCUT2D eigenvalue weighted by molar-refractivity contribution is -0.661. The fraction of sp³-hybridized carbons (Fsp3) is 0.250. The Labute approximate surface area is 383 Å². The Morgan fingerprint density at radius 1 is 0.853 bits per heavy atom. The molecular formula is C44H42F2N7O14S+. The van der Waals surface area contributed by atoms with Crippen LogP contribution in [-0.2, 0) is 51.6 Å². The Hall–Kier alpha value is -7.48. The summed E-state index contributed by atoms with van der Waals surface area (Å²) >= 11 is 0. The van der Waals surface area contributed by atoms with E-state index in [1.165, 1.54) is 36.4 Å². The van der Waals surface area contributed by atoms with Gasteiger partial charge in [0.05, 0.1) is 21.0 Å². The molecular weight excluding hydrogens is 921 g/mol. The highest BCUT2D eigenvalue weighted by atomic mass is 32.2. The van der Waals surface area contributed by atoms with Crippen LogP contribution in [0.25, 0.3) is 5.65 Å². The molecule has 1 saturated heterocycles. The number of halogens is 2. The number of benzene rings is 3. The number of nitrogens with two attached hydrogens (primary N) is 1. The molecule has 68 heavy (non-hydrogen) atoms. The molecule has 356 valence electrons. The number of fused-ring (bicyclic) bond motifs is 1. The number of imidazole rings is 1. The maximum Gasteiger partial charge on any atom is 0.335 e. The molecule has 0 bridgehead atoms. The van der Waals surface area contributed by atoms with Crippen molar-refractivity contribution in [3.8, 4) is 5.75 Å². The predicted octanol–water partition coefficient (Wildman–Crippen LogP) is -0.716. The Kier molecular flexibility index (Phi) is 14.4. The van der Waals surface area contributed by atoms with Gasteiger partial charge in [0.25, 0.3) is 23.4 Å². The second-order valence-electron chi connectivity index (χ2n) is 15.4. The summed E-state index contributed by atoms with van der Waals surface area (Å²) in [5.74, 6) is -7.28. The van der Waals surface area contributed by atoms with E-state index < -0.39 is 98.6 Å². The van der Waals surface area contributed by atoms with Gasteiger partial charge in [0, 0.05) is 50.3 Å². The quantitative estimate of drug-likeness (QED) is 0.0422. The summed E-state index contributed by atoms with van der Waals surface area (Å²) in [4.78, 5) is 75.2. The number of anilines is 1. The largest absolute Gasteiger partial charge is 0.479 e. The molecule has 7 rings (SSSR count). The third-order valence-corrected chi connectivity index (χ3v) is 12.6. The van der Waals surface area contributed by atoms with Crippen LogP contribution in [0.4, 0.5) is 14.5 Å². The first kappa shape index (κ1) is 48.5. The number of imide groups is 1. The number of amides is 5. The van der Waals surface area contributed by atoms with Gasteiger partial charge in [-0.3, -0.25) is 28.9 Å². The van der Waals surface area contributed by atoms with E-state index in [1.54, 1.807) is 45.8 Å². The third kappa shape index (κ3) is 10.5. The number of carboxylic acid groups (broad SMARTS) is 1. The second kappa shape index (κ2) is 20.2. The smallest absolute Gasteiger partial charge is 0.335 e. The number of aliphatic hydroxyl groups is 3. The minimum atomic E-state index is -4.22. The normalized spacial score (nSPS) is 19.7. The molecule has 2 aliphatic rings. The van der Waals surface area contributed by atoms with Gasteiger partial charge in [0.1, 0.15) is 66.9 Å². The molecule has 21 nitrogen and oxygen atoms in total. The van der Waals surface area contributed by atoms with E-state index in [2.05, 4.69) is 16.0 Å². The molecule has 5 aromatic rings. The molecule has 2 aliphatic heterocycles. The molecule has 6 atom stereocenters. The number of hydrogen-bond donors (Lipinski definition) is 8. The SMILES string of the molecule is NC[C@@H](C(=O)NCCC(=O)Nc1cc(C[n+]2ccn3cc(C(=O)NCc4ccc(S(=O)(=O)c5cc(F)cc(F)c5)cc4)ccc32)ccc1O[C@@H]1O[C@H](C(=O)O)[C@@H](O)[C@H](O)[C@H]1O)N1C(=O)C=CC1=O. The van der Waals surface area contributed by atoms with Gasteiger partial charge in [-0.1, -0.05) is 18.2 Å². The number of hydrogen-bond acceptors (Lipinski definition) is 14. The van der Waals surface area contributed by atoms with Gasteiger partial charge in [0.15, 0.2) is 6.10 Å². The van der Waals surface area contributed by atoms with Crippen molar-refractivity contribution >= 4 is 56.7 Å². The van der Waals surface area contributed by atoms with E-state index in [4.69, 9.17) is 15.2 Å². The van der Waals surface area contributed by atoms with E-state index in [1.807, 2.05) is 0 Å². The van der Waals surface area contributed by atoms with Crippen LogP contribution in [0.15, 0.2) is 113 Å². The zero-order valence-electron chi connectivity index (χ0n) is 35.3. The lowest BCUT2D eigenvalue weighted by atomic mass is 9.99. The van der Waals surface area contributed by atoms with E-state index in [9.17, 15) is 66.4 Å². The molecule has 0 unspecified atom stereocenters. The maximum atomic E-state index is 13.7. The van der Waals surface area contributed by atoms with Gasteiger partial charge < -0.3 is 51.6 Å². The van der Waals surface area contributed by atoms with Gasteiger partial charge in [0.2, 0.25) is 27.9 Å². The lowest BCUT2D eigenvalue weighted by Gasteiger charge is -2.38. The highest BCUT2D eigenvalue weighted by Gasteiger charge is 2.48. The second-order valence-corrected chi connectivity index (χ2v) is 17.4. The minimum Gasteiger partial charge on any atom is -0.479 e. The number of aromatic nitrogens is 2. The van der Waals surface area contributed by atoms with Crippen molar-refractivity contribution in [2.75, 3.05) is 18.4 Å². The zero-order valence-corrected chi connectivity index (χ0v) is 36.1. The highest BCUT2D eigenvalue weighted by molar-refractivity contribution is 7.91. The van der Waals surface area contributed by atoms with Crippen molar-refractivity contribution in [1.82, 2.24) is 19.9 Å². The van der Waals surface area contributed by atoms with Gasteiger partial charge >= 0.3 is 5.97 Å². The summed E-state index contributed by atoms with van der Waals surface area (Å²) in [6.45, 7) is -0.498. The number of ether oxygens (including phenoxy) is 2. The summed E-state index contributed by atoms with van der Waals surface area (Å²) in [5.41, 5.74) is 7.59. The Balaban J connectivity index is 1.03. The topological polar surface area (TPSA) is 310 Å². The molecule has 2 aromatic heterocycles. The summed E-state index contributed by atoms with van der Waals surface area (Å²) < 4.78 is 67.7. The summed E-state index contributed by atoms with van der Waals surface area (Å²) in [7, 11) is -4.22. The number of carbonyl (C=O) groups is 6. The zero-order chi connectivity index (χ0) is 49.0. The molecule has 5 amide bonds. The number of aliphatic carboxylic acids is 1. The lowest BCUT2D eigenvalue weighted by Crippen LogP contribution is -2.61. The van der Waals surface area contributed by atoms with Crippen LogP contribution in [0, 0.1) is 11.6 Å². The van der Waals surface area contributed by atoms with Crippen LogP contribution >= 0.6 is 0 Å². The number of nitrogens with one attached hydrogen (secondary N) is 3. The van der Waals surface area contributed by atoms with Crippen molar-refractivity contribution in [2.24, 2.45) is 5.73 Å². The molecule has 0 saturated carbocycles. The third-order valence-electron chi connectivity index (χ3n) is 10.8. The number of rotatable bonds is 17. The Bertz CT molecular complexity index is 2910. The van der Waals surface area contributed by atoms with Crippen molar-refractivity contribution in [3.63, 3.8) is 0 Å². The van der Waals surface area contributed by atoms with Gasteiger partial charge in [-0.05, 0) is 53.6 Å². The van der Waals surface area contributed by atoms with E-state index in [0.29, 0.717) is 39.9 Å². The molecule has 3 aromatic carbocycles. The summed E-state index contributed by atoms with van der Waals surface area (Å²) in [5, 5.41) is 48.5. The average molecular weight is 963 g/mol. The predicted molar refractivity (Wildman–Crippen MR) is 228 cm³/mol. The maximum absolute atomic E-state index is 13.7. The van der Waals surface area contributed by atoms with Crippen LogP contribution in [0.1, 0.15) is 27.9 Å². The molecule has 1 fully saturated rings. The van der Waals surface area contributed by atoms with Crippen molar-refractivity contribution in [2.45, 2.75) is 66.0 Å². The number of aliphatic hydroxyl groups excluding tert-OH is 3. The minimum absolute atomic E-state index is 0.00886. The molecule has 0 spiro atoms. The highest BCUT2D eigenvalue weighted by Crippen LogP contribution is 2.31. The average Bonchev–Trinajstić information content (AvgIpc) is 3.86. The first-order valence-corrected chi connectivity index (χ1v) is 22.0. The van der Waals surface area contributed by atoms with Gasteiger partial charge in [-0.15, -0.1) is 0 Å². The van der Waals surface area contributed by atoms with E-state index >= 15 is 0 Å². The van der Waals surface area contributed by atoms with Gasteiger partial charge in [-0.2, -0.15) is 0 Å². The fourth-order valence-corrected chi connectivity index (χ4v) is 8.59. The molecule has 24 heteroatoms. The Morgan fingerprint density at radius 2 is 1.53 bits per heavy atom. The molecule has 0 aliphatic carbocycles. The van der Waals surface area contributed by atoms with Crippen LogP contribution in [0.2, 0.25) is 0 Å². The molecule has 9 N–H and O–H groups in total. The number of sulfone groups is 1. The first-order chi connectivity index (χ1) is 32.3. The first-order valence-electron chi connectivity index (χ1n) is 20.5. The Morgan fingerprint density at radius 3 is 2.19 bits per heavy atom. The van der Waals surface area contributed by atoms with Crippen molar-refractivity contribution < 1.29 is 80.4 Å². The number of pyridine rings is 1. The fourth-order valence-electron chi connectivity index (χ4n) is 7.29. The van der Waals surface area contributed by atoms with E-state index in [0.717, 1.165) is 12.2 Å². The standard InChI is InChI=1S/C44H41F2N7O14S/c45-26-16-27(46)18-29(17-26)68(64,65)28-5-1-23(2-6-28)20-49-41(60)25-4-8-34-51(13-14-52(34)22-25)21-24-3-7-32(66-44-39(59)37(57)38(58)40(67-44)43(62)63)30(15-24)50-33(54)11-12-48-42(61)31(19-47)53-35(55)9-10-36(53)56/h1-10,13-18,22,31,37-40,44,57-59H,11-12,19-21,47H2,(H3-,48,49,50,54,60,61,62,63)/p+1/t31-,37-,38-,39+,40-,44+/m0/s1. The summed E-state index contributed by atoms with van der Waals surface area (Å²) in [6.07, 6.45) is -3.17. The number of carboxylic acids is 1. The van der Waals surface area contributed by atoms with Crippen LogP contribution < -0.4 is 31.0 Å². The molecule has 0 radical (unpaired) electrons. The van der Waals surface area contributed by atoms with Crippen molar-refractivity contribution in [1.29, 1.82) is 0 Å². The number of carbonyl (C=O) groups excluding carboxylic acids is 5.